The second kappa shape index (κ2) is 5.21. The first-order valence-electron chi connectivity index (χ1n) is 9.28. The van der Waals surface area contributed by atoms with E-state index in [-0.39, 0.29) is 0 Å². The minimum absolute atomic E-state index is 1.03. The molecule has 0 spiro atoms. The van der Waals surface area contributed by atoms with E-state index in [9.17, 15) is 0 Å². The number of fused-ring (bicyclic) bond motifs is 7. The van der Waals surface area contributed by atoms with Crippen molar-refractivity contribution in [3.05, 3.63) is 72.2 Å². The first-order chi connectivity index (χ1) is 12.9. The second-order valence-electron chi connectivity index (χ2n) is 7.11. The van der Waals surface area contributed by atoms with Gasteiger partial charge in [-0.25, -0.2) is 0 Å². The predicted octanol–water partition coefficient (Wildman–Crippen LogP) is 5.80. The average molecular weight is 338 g/mol. The fourth-order valence-electron chi connectivity index (χ4n) is 4.52. The molecule has 3 heteroatoms. The van der Waals surface area contributed by atoms with Crippen LogP contribution in [-0.4, -0.2) is 9.55 Å². The molecule has 0 bridgehead atoms. The Labute approximate surface area is 150 Å². The number of hydrogen-bond acceptors (Lipinski definition) is 2. The highest BCUT2D eigenvalue weighted by atomic mass is 16.3. The van der Waals surface area contributed by atoms with E-state index in [0.29, 0.717) is 0 Å². The molecule has 0 amide bonds. The number of nitrogens with zero attached hydrogens (tertiary/aromatic N) is 2. The number of hydrogen-bond donors (Lipinski definition) is 0. The third-order valence-electron chi connectivity index (χ3n) is 5.67. The van der Waals surface area contributed by atoms with Gasteiger partial charge >= 0.3 is 0 Å². The van der Waals surface area contributed by atoms with Gasteiger partial charge in [0.2, 0.25) is 0 Å². The van der Waals surface area contributed by atoms with Crippen LogP contribution in [0, 0.1) is 0 Å². The van der Waals surface area contributed by atoms with Crippen LogP contribution in [-0.2, 0) is 12.8 Å². The minimum atomic E-state index is 1.03. The lowest BCUT2D eigenvalue weighted by atomic mass is 9.95. The van der Waals surface area contributed by atoms with Crippen molar-refractivity contribution in [1.29, 1.82) is 0 Å². The maximum atomic E-state index is 6.42. The van der Waals surface area contributed by atoms with Crippen LogP contribution in [0.25, 0.3) is 38.5 Å². The van der Waals surface area contributed by atoms with Crippen molar-refractivity contribution in [2.75, 3.05) is 0 Å². The SMILES string of the molecule is c1ccc(-n2c3ccncc3c3c4oc5c(c4ccc32)CCCC5)cc1. The van der Waals surface area contributed by atoms with Gasteiger partial charge in [-0.15, -0.1) is 0 Å². The van der Waals surface area contributed by atoms with Gasteiger partial charge in [0.1, 0.15) is 11.3 Å². The molecule has 1 aliphatic carbocycles. The Balaban J connectivity index is 1.82. The molecule has 0 unspecified atom stereocenters. The van der Waals surface area contributed by atoms with Gasteiger partial charge in [0.05, 0.1) is 16.4 Å². The second-order valence-corrected chi connectivity index (χ2v) is 7.11. The Bertz CT molecular complexity index is 1280. The number of para-hydroxylation sites is 1. The van der Waals surface area contributed by atoms with E-state index in [1.807, 2.05) is 12.4 Å². The minimum Gasteiger partial charge on any atom is -0.460 e. The quantitative estimate of drug-likeness (QED) is 0.386. The summed E-state index contributed by atoms with van der Waals surface area (Å²) in [6, 6.07) is 17.1. The van der Waals surface area contributed by atoms with Crippen molar-refractivity contribution < 1.29 is 4.42 Å². The van der Waals surface area contributed by atoms with Crippen molar-refractivity contribution in [2.45, 2.75) is 25.7 Å². The van der Waals surface area contributed by atoms with Crippen LogP contribution in [0.3, 0.4) is 0 Å². The third kappa shape index (κ3) is 1.80. The zero-order valence-corrected chi connectivity index (χ0v) is 14.4. The third-order valence-corrected chi connectivity index (χ3v) is 5.67. The summed E-state index contributed by atoms with van der Waals surface area (Å²) in [5.74, 6) is 1.18. The van der Waals surface area contributed by atoms with Gasteiger partial charge in [0.25, 0.3) is 0 Å². The smallest absolute Gasteiger partial charge is 0.144 e. The van der Waals surface area contributed by atoms with Crippen molar-refractivity contribution in [3.63, 3.8) is 0 Å². The fourth-order valence-corrected chi connectivity index (χ4v) is 4.52. The van der Waals surface area contributed by atoms with Gasteiger partial charge < -0.3 is 8.98 Å². The summed E-state index contributed by atoms with van der Waals surface area (Å²) in [4.78, 5) is 4.40. The van der Waals surface area contributed by atoms with Crippen LogP contribution in [0.1, 0.15) is 24.2 Å². The molecule has 3 heterocycles. The van der Waals surface area contributed by atoms with Crippen molar-refractivity contribution in [2.24, 2.45) is 0 Å². The van der Waals surface area contributed by atoms with Gasteiger partial charge in [-0.3, -0.25) is 4.98 Å². The molecule has 0 aliphatic heterocycles. The van der Waals surface area contributed by atoms with Gasteiger partial charge in [-0.05, 0) is 49.6 Å². The molecule has 6 rings (SSSR count). The Morgan fingerprint density at radius 3 is 2.65 bits per heavy atom. The molecule has 5 aromatic rings. The van der Waals surface area contributed by atoms with Crippen LogP contribution in [0.4, 0.5) is 0 Å². The lowest BCUT2D eigenvalue weighted by Crippen LogP contribution is -1.98. The van der Waals surface area contributed by atoms with E-state index < -0.39 is 0 Å². The molecule has 126 valence electrons. The number of aromatic nitrogens is 2. The molecule has 3 aromatic heterocycles. The topological polar surface area (TPSA) is 31.0 Å². The molecular weight excluding hydrogens is 320 g/mol. The predicted molar refractivity (Wildman–Crippen MR) is 105 cm³/mol. The highest BCUT2D eigenvalue weighted by Gasteiger charge is 2.22. The summed E-state index contributed by atoms with van der Waals surface area (Å²) in [6.45, 7) is 0. The molecule has 2 aromatic carbocycles. The summed E-state index contributed by atoms with van der Waals surface area (Å²) in [7, 11) is 0. The van der Waals surface area contributed by atoms with E-state index >= 15 is 0 Å². The Morgan fingerprint density at radius 1 is 0.846 bits per heavy atom. The number of pyridine rings is 1. The van der Waals surface area contributed by atoms with E-state index in [1.54, 1.807) is 0 Å². The number of rotatable bonds is 1. The number of aryl methyl sites for hydroxylation is 2. The van der Waals surface area contributed by atoms with Crippen molar-refractivity contribution >= 4 is 32.8 Å². The van der Waals surface area contributed by atoms with Gasteiger partial charge in [0.15, 0.2) is 0 Å². The summed E-state index contributed by atoms with van der Waals surface area (Å²) in [5.41, 5.74) is 5.95. The summed E-state index contributed by atoms with van der Waals surface area (Å²) >= 11 is 0. The molecule has 0 saturated heterocycles. The standard InChI is InChI=1S/C23H18N2O/c1-2-6-15(7-3-1)25-19-12-13-24-14-18(19)22-20(25)11-10-17-16-8-4-5-9-21(16)26-23(17)22/h1-3,6-7,10-14H,4-5,8-9H2. The molecule has 0 saturated carbocycles. The van der Waals surface area contributed by atoms with E-state index in [0.717, 1.165) is 29.5 Å². The molecule has 0 N–H and O–H groups in total. The maximum Gasteiger partial charge on any atom is 0.144 e. The zero-order chi connectivity index (χ0) is 17.1. The largest absolute Gasteiger partial charge is 0.460 e. The van der Waals surface area contributed by atoms with Crippen LogP contribution in [0.5, 0.6) is 0 Å². The van der Waals surface area contributed by atoms with Crippen LogP contribution >= 0.6 is 0 Å². The zero-order valence-electron chi connectivity index (χ0n) is 14.4. The van der Waals surface area contributed by atoms with Gasteiger partial charge in [-0.1, -0.05) is 18.2 Å². The van der Waals surface area contributed by atoms with E-state index in [2.05, 4.69) is 58.1 Å². The van der Waals surface area contributed by atoms with Crippen molar-refractivity contribution in [3.8, 4) is 5.69 Å². The fraction of sp³-hybridized carbons (Fsp3) is 0.174. The molecule has 1 aliphatic rings. The van der Waals surface area contributed by atoms with Crippen molar-refractivity contribution in [1.82, 2.24) is 9.55 Å². The molecule has 0 radical (unpaired) electrons. The normalized spacial score (nSPS) is 14.3. The number of furan rings is 1. The highest BCUT2D eigenvalue weighted by Crippen LogP contribution is 2.40. The van der Waals surface area contributed by atoms with Gasteiger partial charge in [0, 0.05) is 40.8 Å². The molecule has 26 heavy (non-hydrogen) atoms. The lowest BCUT2D eigenvalue weighted by Gasteiger charge is -2.08. The lowest BCUT2D eigenvalue weighted by molar-refractivity contribution is 0.508. The van der Waals surface area contributed by atoms with Gasteiger partial charge in [-0.2, -0.15) is 0 Å². The van der Waals surface area contributed by atoms with Crippen LogP contribution in [0.15, 0.2) is 65.3 Å². The first-order valence-corrected chi connectivity index (χ1v) is 9.28. The summed E-state index contributed by atoms with van der Waals surface area (Å²) in [5, 5.41) is 3.62. The summed E-state index contributed by atoms with van der Waals surface area (Å²) in [6.07, 6.45) is 8.50. The molecule has 0 fully saturated rings. The van der Waals surface area contributed by atoms with E-state index in [1.165, 1.54) is 46.0 Å². The summed E-state index contributed by atoms with van der Waals surface area (Å²) < 4.78 is 8.73. The monoisotopic (exact) mass is 338 g/mol. The molecule has 0 atom stereocenters. The van der Waals surface area contributed by atoms with Crippen LogP contribution in [0.2, 0.25) is 0 Å². The number of benzene rings is 2. The Hall–Kier alpha value is -3.07. The Morgan fingerprint density at radius 2 is 1.73 bits per heavy atom. The Kier molecular flexibility index (Phi) is 2.83. The maximum absolute atomic E-state index is 6.42. The first kappa shape index (κ1) is 14.1. The van der Waals surface area contributed by atoms with Crippen LogP contribution < -0.4 is 0 Å². The highest BCUT2D eigenvalue weighted by molar-refractivity contribution is 6.19. The van der Waals surface area contributed by atoms with E-state index in [4.69, 9.17) is 4.42 Å². The molecule has 3 nitrogen and oxygen atoms in total. The molecular formula is C23H18N2O. The average Bonchev–Trinajstić information content (AvgIpc) is 3.24.